The molecule has 0 unspecified atom stereocenters. The number of amidine groups is 1. The van der Waals surface area contributed by atoms with Gasteiger partial charge in [0.15, 0.2) is 11.3 Å². The molecule has 10 heteroatoms. The van der Waals surface area contributed by atoms with Gasteiger partial charge in [0.1, 0.15) is 0 Å². The molecule has 1 saturated heterocycles. The van der Waals surface area contributed by atoms with Crippen LogP contribution in [0.1, 0.15) is 30.1 Å². The average molecular weight is 409 g/mol. The normalized spacial score (nSPS) is 21.3. The van der Waals surface area contributed by atoms with E-state index >= 15 is 0 Å². The topological polar surface area (TPSA) is 96.3 Å². The van der Waals surface area contributed by atoms with Crippen molar-refractivity contribution in [2.45, 2.75) is 30.8 Å². The third-order valence-corrected chi connectivity index (χ3v) is 7.06. The van der Waals surface area contributed by atoms with Gasteiger partial charge in [-0.2, -0.15) is 0 Å². The SMILES string of the molecule is C[C@@H](OC(=O)c1ccc2c(c1)SC1=NS(=O)(=O)CCN12)C(=O)N1CCCC1. The number of hydrogen-bond acceptors (Lipinski definition) is 7. The number of thioether (sulfide) groups is 1. The second-order valence-corrected chi connectivity index (χ2v) is 9.44. The standard InChI is InChI=1S/C17H19N3O5S2/c1-11(15(21)19-6-2-3-7-19)25-16(22)12-4-5-13-14(10-12)26-17-18-27(23,24)9-8-20(13)17/h4-5,10-11H,2-3,6-9H2,1H3/t11-/m1/s1. The first-order valence-corrected chi connectivity index (χ1v) is 11.2. The molecule has 144 valence electrons. The van der Waals surface area contributed by atoms with E-state index < -0.39 is 22.1 Å². The Morgan fingerprint density at radius 3 is 2.70 bits per heavy atom. The molecule has 3 aliphatic rings. The Balaban J connectivity index is 1.48. The highest BCUT2D eigenvalue weighted by molar-refractivity contribution is 8.15. The van der Waals surface area contributed by atoms with Gasteiger partial charge in [0.2, 0.25) is 0 Å². The summed E-state index contributed by atoms with van der Waals surface area (Å²) in [6, 6.07) is 5.04. The number of anilines is 1. The molecule has 1 atom stereocenters. The van der Waals surface area contributed by atoms with Crippen molar-refractivity contribution in [1.29, 1.82) is 0 Å². The summed E-state index contributed by atoms with van der Waals surface area (Å²) >= 11 is 1.21. The van der Waals surface area contributed by atoms with Crippen molar-refractivity contribution < 1.29 is 22.7 Å². The molecule has 0 bridgehead atoms. The zero-order valence-electron chi connectivity index (χ0n) is 14.8. The van der Waals surface area contributed by atoms with E-state index in [2.05, 4.69) is 4.40 Å². The van der Waals surface area contributed by atoms with Crippen LogP contribution in [0.2, 0.25) is 0 Å². The highest BCUT2D eigenvalue weighted by Gasteiger charge is 2.34. The van der Waals surface area contributed by atoms with Crippen LogP contribution in [0.15, 0.2) is 27.5 Å². The van der Waals surface area contributed by atoms with Gasteiger partial charge in [-0.25, -0.2) is 13.2 Å². The number of carbonyl (C=O) groups excluding carboxylic acids is 2. The second kappa shape index (κ2) is 6.83. The van der Waals surface area contributed by atoms with Crippen LogP contribution in [0.4, 0.5) is 5.69 Å². The van der Waals surface area contributed by atoms with Crippen molar-refractivity contribution in [3.05, 3.63) is 23.8 Å². The fourth-order valence-electron chi connectivity index (χ4n) is 3.33. The number of amides is 1. The largest absolute Gasteiger partial charge is 0.449 e. The lowest BCUT2D eigenvalue weighted by Crippen LogP contribution is -2.38. The number of fused-ring (bicyclic) bond motifs is 3. The monoisotopic (exact) mass is 409 g/mol. The lowest BCUT2D eigenvalue weighted by molar-refractivity contribution is -0.138. The van der Waals surface area contributed by atoms with Crippen LogP contribution in [0.3, 0.4) is 0 Å². The van der Waals surface area contributed by atoms with E-state index in [9.17, 15) is 18.0 Å². The molecule has 27 heavy (non-hydrogen) atoms. The maximum atomic E-state index is 12.4. The van der Waals surface area contributed by atoms with Crippen LogP contribution in [-0.2, 0) is 19.6 Å². The number of benzene rings is 1. The van der Waals surface area contributed by atoms with Gasteiger partial charge < -0.3 is 14.5 Å². The predicted molar refractivity (Wildman–Crippen MR) is 102 cm³/mol. The maximum Gasteiger partial charge on any atom is 0.338 e. The summed E-state index contributed by atoms with van der Waals surface area (Å²) in [5.74, 6) is -0.776. The Kier molecular flexibility index (Phi) is 4.63. The molecule has 3 heterocycles. The lowest BCUT2D eigenvalue weighted by atomic mass is 10.2. The molecule has 4 rings (SSSR count). The van der Waals surface area contributed by atoms with E-state index in [1.807, 2.05) is 4.90 Å². The Morgan fingerprint density at radius 1 is 1.22 bits per heavy atom. The van der Waals surface area contributed by atoms with Gasteiger partial charge in [0, 0.05) is 24.5 Å². The van der Waals surface area contributed by atoms with Gasteiger partial charge in [-0.1, -0.05) is 0 Å². The second-order valence-electron chi connectivity index (χ2n) is 6.68. The van der Waals surface area contributed by atoms with Crippen molar-refractivity contribution in [1.82, 2.24) is 4.90 Å². The molecule has 1 fully saturated rings. The summed E-state index contributed by atoms with van der Waals surface area (Å²) in [7, 11) is -3.42. The molecule has 1 aromatic rings. The van der Waals surface area contributed by atoms with E-state index in [1.165, 1.54) is 11.8 Å². The first-order chi connectivity index (χ1) is 12.8. The number of ether oxygens (including phenoxy) is 1. The van der Waals surface area contributed by atoms with E-state index in [0.717, 1.165) is 23.4 Å². The minimum atomic E-state index is -3.42. The molecule has 3 aliphatic heterocycles. The zero-order chi connectivity index (χ0) is 19.2. The summed E-state index contributed by atoms with van der Waals surface area (Å²) in [5.41, 5.74) is 1.15. The molecule has 0 N–H and O–H groups in total. The number of rotatable bonds is 3. The molecular weight excluding hydrogens is 390 g/mol. The predicted octanol–water partition coefficient (Wildman–Crippen LogP) is 1.47. The fourth-order valence-corrected chi connectivity index (χ4v) is 5.63. The van der Waals surface area contributed by atoms with Crippen LogP contribution in [0.5, 0.6) is 0 Å². The van der Waals surface area contributed by atoms with Crippen molar-refractivity contribution in [2.75, 3.05) is 30.3 Å². The summed E-state index contributed by atoms with van der Waals surface area (Å²) in [5, 5.41) is 0.402. The molecule has 8 nitrogen and oxygen atoms in total. The lowest BCUT2D eigenvalue weighted by Gasteiger charge is -2.22. The van der Waals surface area contributed by atoms with Crippen LogP contribution in [0, 0.1) is 0 Å². The van der Waals surface area contributed by atoms with Gasteiger partial charge in [0.05, 0.1) is 17.0 Å². The third kappa shape index (κ3) is 3.55. The van der Waals surface area contributed by atoms with Gasteiger partial charge in [-0.15, -0.1) is 4.40 Å². The number of esters is 1. The molecule has 0 aliphatic carbocycles. The Morgan fingerprint density at radius 2 is 1.96 bits per heavy atom. The van der Waals surface area contributed by atoms with Crippen molar-refractivity contribution in [3.8, 4) is 0 Å². The molecular formula is C17H19N3O5S2. The molecule has 0 radical (unpaired) electrons. The molecule has 0 saturated carbocycles. The van der Waals surface area contributed by atoms with Crippen molar-refractivity contribution >= 4 is 44.5 Å². The summed E-state index contributed by atoms with van der Waals surface area (Å²) in [6.07, 6.45) is 1.12. The first kappa shape index (κ1) is 18.3. The van der Waals surface area contributed by atoms with Crippen molar-refractivity contribution in [3.63, 3.8) is 0 Å². The smallest absolute Gasteiger partial charge is 0.338 e. The third-order valence-electron chi connectivity index (χ3n) is 4.76. The number of carbonyl (C=O) groups is 2. The minimum absolute atomic E-state index is 0.0313. The molecule has 0 aromatic heterocycles. The summed E-state index contributed by atoms with van der Waals surface area (Å²) in [6.45, 7) is 3.33. The van der Waals surface area contributed by atoms with Crippen LogP contribution in [0.25, 0.3) is 0 Å². The number of hydrogen-bond donors (Lipinski definition) is 0. The van der Waals surface area contributed by atoms with E-state index in [4.69, 9.17) is 4.74 Å². The van der Waals surface area contributed by atoms with Gasteiger partial charge >= 0.3 is 5.97 Å². The highest BCUT2D eigenvalue weighted by atomic mass is 32.2. The highest BCUT2D eigenvalue weighted by Crippen LogP contribution is 2.42. The van der Waals surface area contributed by atoms with Crippen LogP contribution >= 0.6 is 11.8 Å². The molecule has 1 aromatic carbocycles. The van der Waals surface area contributed by atoms with Gasteiger partial charge in [0.25, 0.3) is 15.9 Å². The number of likely N-dealkylation sites (tertiary alicyclic amines) is 1. The maximum absolute atomic E-state index is 12.4. The van der Waals surface area contributed by atoms with E-state index in [0.29, 0.717) is 30.4 Å². The first-order valence-electron chi connectivity index (χ1n) is 8.76. The Labute approximate surface area is 161 Å². The van der Waals surface area contributed by atoms with E-state index in [1.54, 1.807) is 30.0 Å². The van der Waals surface area contributed by atoms with Gasteiger partial charge in [-0.3, -0.25) is 4.79 Å². The fraction of sp³-hybridized carbons (Fsp3) is 0.471. The molecule has 0 spiro atoms. The summed E-state index contributed by atoms with van der Waals surface area (Å²) < 4.78 is 32.5. The number of nitrogens with zero attached hydrogens (tertiary/aromatic N) is 3. The zero-order valence-corrected chi connectivity index (χ0v) is 16.4. The van der Waals surface area contributed by atoms with E-state index in [-0.39, 0.29) is 11.7 Å². The quantitative estimate of drug-likeness (QED) is 0.698. The molecule has 1 amide bonds. The van der Waals surface area contributed by atoms with Crippen LogP contribution in [-0.4, -0.2) is 61.9 Å². The Bertz CT molecular complexity index is 938. The average Bonchev–Trinajstić information content (AvgIpc) is 3.26. The van der Waals surface area contributed by atoms with Crippen LogP contribution < -0.4 is 4.90 Å². The van der Waals surface area contributed by atoms with Gasteiger partial charge in [-0.05, 0) is 49.7 Å². The minimum Gasteiger partial charge on any atom is -0.449 e. The van der Waals surface area contributed by atoms with Crippen molar-refractivity contribution in [2.24, 2.45) is 4.40 Å². The number of sulfonamides is 1. The Hall–Kier alpha value is -2.07. The summed E-state index contributed by atoms with van der Waals surface area (Å²) in [4.78, 5) is 29.0.